The zero-order chi connectivity index (χ0) is 19.2. The highest BCUT2D eigenvalue weighted by atomic mass is 15.0. The molecule has 2 aromatic heterocycles. The minimum Gasteiger partial charge on any atom is -0.291 e. The van der Waals surface area contributed by atoms with Gasteiger partial charge in [-0.15, -0.1) is 0 Å². The van der Waals surface area contributed by atoms with Crippen molar-refractivity contribution in [2.75, 3.05) is 0 Å². The number of imidazole rings is 1. The minimum absolute atomic E-state index is 1.04. The number of nitrogens with zero attached hydrogens (tertiary/aromatic N) is 2. The lowest BCUT2D eigenvalue weighted by Crippen LogP contribution is -2.30. The van der Waals surface area contributed by atoms with Crippen molar-refractivity contribution in [3.05, 3.63) is 95.4 Å². The lowest BCUT2D eigenvalue weighted by atomic mass is 10.0. The molecule has 1 aliphatic carbocycles. The van der Waals surface area contributed by atoms with E-state index in [1.54, 1.807) is 0 Å². The van der Waals surface area contributed by atoms with Crippen LogP contribution in [0.25, 0.3) is 51.2 Å². The molecule has 0 amide bonds. The van der Waals surface area contributed by atoms with Crippen molar-refractivity contribution in [1.82, 2.24) is 9.38 Å². The van der Waals surface area contributed by atoms with Gasteiger partial charge in [0.25, 0.3) is 0 Å². The van der Waals surface area contributed by atoms with E-state index in [1.807, 2.05) is 0 Å². The Labute approximate surface area is 169 Å². The van der Waals surface area contributed by atoms with Gasteiger partial charge in [-0.05, 0) is 24.1 Å². The van der Waals surface area contributed by atoms with Crippen molar-refractivity contribution in [1.29, 1.82) is 0 Å². The molecule has 0 radical (unpaired) electrons. The number of benzene rings is 3. The van der Waals surface area contributed by atoms with E-state index >= 15 is 0 Å². The van der Waals surface area contributed by atoms with E-state index in [0.29, 0.717) is 0 Å². The predicted octanol–water partition coefficient (Wildman–Crippen LogP) is 5.18. The quantitative estimate of drug-likeness (QED) is 0.417. The molecule has 0 N–H and O–H groups in total. The summed E-state index contributed by atoms with van der Waals surface area (Å²) in [6, 6.07) is 29.9. The Bertz CT molecular complexity index is 1480. The van der Waals surface area contributed by atoms with Crippen LogP contribution in [-0.4, -0.2) is 9.38 Å². The number of fused-ring (bicyclic) bond motifs is 6. The van der Waals surface area contributed by atoms with Gasteiger partial charge in [0.2, 0.25) is 0 Å². The average molecular weight is 372 g/mol. The van der Waals surface area contributed by atoms with Gasteiger partial charge >= 0.3 is 0 Å². The maximum atomic E-state index is 5.23. The third-order valence-electron chi connectivity index (χ3n) is 5.80. The number of pyridine rings is 1. The molecular weight excluding hydrogens is 352 g/mol. The lowest BCUT2D eigenvalue weighted by Gasteiger charge is -2.11. The molecule has 0 saturated carbocycles. The van der Waals surface area contributed by atoms with Gasteiger partial charge in [-0.25, -0.2) is 4.98 Å². The first kappa shape index (κ1) is 16.3. The largest absolute Gasteiger partial charge is 0.291 e. The van der Waals surface area contributed by atoms with Crippen molar-refractivity contribution in [2.45, 2.75) is 12.8 Å². The van der Waals surface area contributed by atoms with Gasteiger partial charge in [0.1, 0.15) is 5.65 Å². The summed E-state index contributed by atoms with van der Waals surface area (Å²) in [7, 11) is 0. The SMILES string of the molecule is C1=c2c(c3nc(-c4ccccc4)c(-c4ccccc4)n3c3ccccc23)=CCC1. The molecular formula is C27H20N2. The first-order chi connectivity index (χ1) is 14.4. The second kappa shape index (κ2) is 6.46. The van der Waals surface area contributed by atoms with Crippen molar-refractivity contribution in [3.8, 4) is 22.5 Å². The third-order valence-corrected chi connectivity index (χ3v) is 5.80. The minimum atomic E-state index is 1.04. The van der Waals surface area contributed by atoms with Gasteiger partial charge < -0.3 is 0 Å². The highest BCUT2D eigenvalue weighted by Crippen LogP contribution is 2.33. The summed E-state index contributed by atoms with van der Waals surface area (Å²) >= 11 is 0. The predicted molar refractivity (Wildman–Crippen MR) is 121 cm³/mol. The maximum Gasteiger partial charge on any atom is 0.146 e. The third kappa shape index (κ3) is 2.46. The zero-order valence-corrected chi connectivity index (χ0v) is 16.0. The van der Waals surface area contributed by atoms with Gasteiger partial charge in [-0.3, -0.25) is 4.40 Å². The molecule has 0 bridgehead atoms. The van der Waals surface area contributed by atoms with E-state index in [1.165, 1.54) is 26.9 Å². The number of rotatable bonds is 2. The molecule has 5 aromatic rings. The van der Waals surface area contributed by atoms with Gasteiger partial charge in [-0.1, -0.05) is 91.0 Å². The highest BCUT2D eigenvalue weighted by molar-refractivity contribution is 5.91. The average Bonchev–Trinajstić information content (AvgIpc) is 3.22. The van der Waals surface area contributed by atoms with Crippen LogP contribution in [0.4, 0.5) is 0 Å². The summed E-state index contributed by atoms with van der Waals surface area (Å²) in [6.07, 6.45) is 6.88. The Hall–Kier alpha value is -3.65. The normalized spacial score (nSPS) is 13.1. The Morgan fingerprint density at radius 1 is 0.621 bits per heavy atom. The number of hydrogen-bond acceptors (Lipinski definition) is 1. The molecule has 2 nitrogen and oxygen atoms in total. The first-order valence-electron chi connectivity index (χ1n) is 10.2. The van der Waals surface area contributed by atoms with Crippen LogP contribution >= 0.6 is 0 Å². The van der Waals surface area contributed by atoms with Crippen LogP contribution in [0.1, 0.15) is 12.8 Å². The van der Waals surface area contributed by atoms with E-state index in [9.17, 15) is 0 Å². The van der Waals surface area contributed by atoms with Crippen LogP contribution in [0.15, 0.2) is 84.9 Å². The van der Waals surface area contributed by atoms with Crippen molar-refractivity contribution in [2.24, 2.45) is 0 Å². The van der Waals surface area contributed by atoms with Crippen LogP contribution in [0.3, 0.4) is 0 Å². The second-order valence-corrected chi connectivity index (χ2v) is 7.53. The van der Waals surface area contributed by atoms with Gasteiger partial charge in [-0.2, -0.15) is 0 Å². The zero-order valence-electron chi connectivity index (χ0n) is 16.0. The maximum absolute atomic E-state index is 5.23. The summed E-state index contributed by atoms with van der Waals surface area (Å²) < 4.78 is 2.36. The molecule has 6 rings (SSSR count). The number of para-hydroxylation sites is 1. The summed E-state index contributed by atoms with van der Waals surface area (Å²) in [4.78, 5) is 5.23. The van der Waals surface area contributed by atoms with E-state index in [4.69, 9.17) is 4.98 Å². The molecule has 0 aliphatic heterocycles. The number of aromatic nitrogens is 2. The topological polar surface area (TPSA) is 17.3 Å². The Balaban J connectivity index is 1.90. The molecule has 2 heterocycles. The molecule has 1 aliphatic rings. The van der Waals surface area contributed by atoms with Crippen LogP contribution in [0.2, 0.25) is 0 Å². The first-order valence-corrected chi connectivity index (χ1v) is 10.2. The standard InChI is InChI=1S/C27H20N2/c1-3-11-19(12-4-1)25-26(20-13-5-2-6-14-20)29-24-18-10-9-16-22(24)21-15-7-8-17-23(21)27(29)28-25/h1-6,9-18H,7-8H2. The molecule has 138 valence electrons. The van der Waals surface area contributed by atoms with E-state index in [2.05, 4.69) is 101 Å². The van der Waals surface area contributed by atoms with Gasteiger partial charge in [0.05, 0.1) is 16.9 Å². The van der Waals surface area contributed by atoms with Gasteiger partial charge in [0.15, 0.2) is 0 Å². The summed E-state index contributed by atoms with van der Waals surface area (Å²) in [5, 5.41) is 3.87. The lowest BCUT2D eigenvalue weighted by molar-refractivity contribution is 1.11. The van der Waals surface area contributed by atoms with E-state index in [-0.39, 0.29) is 0 Å². The molecule has 0 unspecified atom stereocenters. The molecule has 0 fully saturated rings. The second-order valence-electron chi connectivity index (χ2n) is 7.53. The number of hydrogen-bond donors (Lipinski definition) is 0. The molecule has 3 aromatic carbocycles. The van der Waals surface area contributed by atoms with E-state index in [0.717, 1.165) is 35.4 Å². The highest BCUT2D eigenvalue weighted by Gasteiger charge is 2.19. The van der Waals surface area contributed by atoms with Crippen molar-refractivity contribution >= 4 is 28.7 Å². The molecule has 0 atom stereocenters. The molecule has 0 spiro atoms. The molecule has 2 heteroatoms. The Kier molecular flexibility index (Phi) is 3.63. The smallest absolute Gasteiger partial charge is 0.146 e. The molecule has 29 heavy (non-hydrogen) atoms. The van der Waals surface area contributed by atoms with Crippen LogP contribution in [-0.2, 0) is 0 Å². The summed E-state index contributed by atoms with van der Waals surface area (Å²) in [5.41, 5.74) is 6.78. The van der Waals surface area contributed by atoms with E-state index < -0.39 is 0 Å². The Morgan fingerprint density at radius 3 is 2.00 bits per heavy atom. The summed E-state index contributed by atoms with van der Waals surface area (Å²) in [5.74, 6) is 0. The van der Waals surface area contributed by atoms with Crippen molar-refractivity contribution < 1.29 is 0 Å². The van der Waals surface area contributed by atoms with Crippen LogP contribution in [0.5, 0.6) is 0 Å². The van der Waals surface area contributed by atoms with Crippen molar-refractivity contribution in [3.63, 3.8) is 0 Å². The molecule has 0 saturated heterocycles. The van der Waals surface area contributed by atoms with Crippen LogP contribution in [0, 0.1) is 0 Å². The monoisotopic (exact) mass is 372 g/mol. The summed E-state index contributed by atoms with van der Waals surface area (Å²) in [6.45, 7) is 0. The van der Waals surface area contributed by atoms with Gasteiger partial charge in [0, 0.05) is 21.7 Å². The fourth-order valence-electron chi connectivity index (χ4n) is 4.53. The fourth-order valence-corrected chi connectivity index (χ4v) is 4.53. The Morgan fingerprint density at radius 2 is 1.24 bits per heavy atom. The van der Waals surface area contributed by atoms with Crippen LogP contribution < -0.4 is 10.4 Å². The fraction of sp³-hybridized carbons (Fsp3) is 0.0741.